The van der Waals surface area contributed by atoms with Crippen molar-refractivity contribution in [1.82, 2.24) is 4.31 Å². The first kappa shape index (κ1) is 24.7. The number of benzene rings is 1. The summed E-state index contributed by atoms with van der Waals surface area (Å²) in [6, 6.07) is 4.11. The van der Waals surface area contributed by atoms with E-state index < -0.39 is 38.5 Å². The maximum atomic E-state index is 13.3. The molecule has 1 aromatic carbocycles. The summed E-state index contributed by atoms with van der Waals surface area (Å²) in [6.07, 6.45) is 1.79. The molecule has 0 radical (unpaired) electrons. The molecule has 0 amide bonds. The van der Waals surface area contributed by atoms with Gasteiger partial charge in [0.15, 0.2) is 12.4 Å². The number of rotatable bonds is 6. The number of hydrogen-bond donors (Lipinski definition) is 0. The van der Waals surface area contributed by atoms with Crippen LogP contribution in [0.15, 0.2) is 29.2 Å². The van der Waals surface area contributed by atoms with E-state index in [1.165, 1.54) is 25.3 Å². The topological polar surface area (TPSA) is 80.8 Å². The van der Waals surface area contributed by atoms with E-state index in [9.17, 15) is 31.2 Å². The van der Waals surface area contributed by atoms with Crippen molar-refractivity contribution in [1.29, 1.82) is 0 Å². The quantitative estimate of drug-likeness (QED) is 0.526. The van der Waals surface area contributed by atoms with Crippen molar-refractivity contribution in [3.63, 3.8) is 0 Å². The summed E-state index contributed by atoms with van der Waals surface area (Å²) in [5.74, 6) is 0.715. The zero-order valence-electron chi connectivity index (χ0n) is 19.4. The van der Waals surface area contributed by atoms with Gasteiger partial charge in [-0.25, -0.2) is 8.42 Å². The SMILES string of the molecule is O=C(OCC(=O)C12CC3CC(CC(C3)C1)C2)C1CCN(S(=O)(=O)c2ccccc2C(F)(F)F)CC1. The number of Topliss-reactive ketones (excluding diaryl/α,β-unsaturated/α-hetero) is 1. The molecule has 4 saturated carbocycles. The van der Waals surface area contributed by atoms with Crippen LogP contribution < -0.4 is 0 Å². The largest absolute Gasteiger partial charge is 0.457 e. The molecule has 1 heterocycles. The van der Waals surface area contributed by atoms with Crippen molar-refractivity contribution in [3.8, 4) is 0 Å². The van der Waals surface area contributed by atoms with Crippen LogP contribution in [0.3, 0.4) is 0 Å². The summed E-state index contributed by atoms with van der Waals surface area (Å²) in [4.78, 5) is 24.9. The van der Waals surface area contributed by atoms with E-state index in [2.05, 4.69) is 0 Å². The molecule has 0 N–H and O–H groups in total. The van der Waals surface area contributed by atoms with Crippen LogP contribution in [0.1, 0.15) is 56.9 Å². The van der Waals surface area contributed by atoms with Gasteiger partial charge in [-0.3, -0.25) is 9.59 Å². The lowest BCUT2D eigenvalue weighted by Crippen LogP contribution is -2.51. The Morgan fingerprint density at radius 1 is 0.971 bits per heavy atom. The second kappa shape index (κ2) is 8.87. The van der Waals surface area contributed by atoms with Crippen molar-refractivity contribution < 1.29 is 35.9 Å². The molecule has 0 aromatic heterocycles. The van der Waals surface area contributed by atoms with E-state index in [1.54, 1.807) is 0 Å². The Balaban J connectivity index is 1.17. The number of nitrogens with zero attached hydrogens (tertiary/aromatic N) is 1. The lowest BCUT2D eigenvalue weighted by atomic mass is 9.48. The predicted octanol–water partition coefficient (Wildman–Crippen LogP) is 4.43. The maximum absolute atomic E-state index is 13.3. The molecule has 1 aromatic rings. The third-order valence-electron chi connectivity index (χ3n) is 8.57. The minimum Gasteiger partial charge on any atom is -0.457 e. The molecule has 5 aliphatic rings. The second-order valence-electron chi connectivity index (χ2n) is 10.9. The highest BCUT2D eigenvalue weighted by Gasteiger charge is 2.54. The monoisotopic (exact) mass is 513 g/mol. The van der Waals surface area contributed by atoms with Crippen LogP contribution in [0.4, 0.5) is 13.2 Å². The van der Waals surface area contributed by atoms with Gasteiger partial charge in [0.1, 0.15) is 0 Å². The highest BCUT2D eigenvalue weighted by Crippen LogP contribution is 2.60. The molecule has 35 heavy (non-hydrogen) atoms. The summed E-state index contributed by atoms with van der Waals surface area (Å²) in [5, 5.41) is 0. The van der Waals surface area contributed by atoms with Gasteiger partial charge in [-0.1, -0.05) is 12.1 Å². The van der Waals surface area contributed by atoms with E-state index in [1.807, 2.05) is 0 Å². The second-order valence-corrected chi connectivity index (χ2v) is 12.8. The van der Waals surface area contributed by atoms with Crippen LogP contribution in [0.25, 0.3) is 0 Å². The Morgan fingerprint density at radius 3 is 2.06 bits per heavy atom. The predicted molar refractivity (Wildman–Crippen MR) is 119 cm³/mol. The Morgan fingerprint density at radius 2 is 1.51 bits per heavy atom. The normalized spacial score (nSPS) is 31.5. The summed E-state index contributed by atoms with van der Waals surface area (Å²) in [6.45, 7) is -0.420. The van der Waals surface area contributed by atoms with Gasteiger partial charge in [-0.2, -0.15) is 17.5 Å². The number of carbonyl (C=O) groups excluding carboxylic acids is 2. The summed E-state index contributed by atoms with van der Waals surface area (Å²) < 4.78 is 72.2. The highest BCUT2D eigenvalue weighted by atomic mass is 32.2. The minimum atomic E-state index is -4.80. The standard InChI is InChI=1S/C25H30F3NO5S/c26-25(27,28)20-3-1-2-4-21(20)35(32,33)29-7-5-19(6-8-29)23(31)34-15-22(30)24-12-16-9-17(13-24)11-18(10-16)14-24/h1-4,16-19H,5-15H2. The van der Waals surface area contributed by atoms with Crippen LogP contribution in [0.2, 0.25) is 0 Å². The molecule has 6 nitrogen and oxygen atoms in total. The molecule has 5 fully saturated rings. The lowest BCUT2D eigenvalue weighted by molar-refractivity contribution is -0.161. The Labute approximate surface area is 203 Å². The molecule has 1 aliphatic heterocycles. The molecule has 4 bridgehead atoms. The van der Waals surface area contributed by atoms with Crippen LogP contribution in [0, 0.1) is 29.1 Å². The van der Waals surface area contributed by atoms with Gasteiger partial charge in [-0.15, -0.1) is 0 Å². The molecule has 192 valence electrons. The number of piperidine rings is 1. The summed E-state index contributed by atoms with van der Waals surface area (Å²) in [5.41, 5.74) is -1.55. The van der Waals surface area contributed by atoms with Crippen LogP contribution >= 0.6 is 0 Å². The van der Waals surface area contributed by atoms with Crippen molar-refractivity contribution in [2.24, 2.45) is 29.1 Å². The Hall–Kier alpha value is -1.94. The lowest BCUT2D eigenvalue weighted by Gasteiger charge is -2.55. The molecule has 0 spiro atoms. The van der Waals surface area contributed by atoms with Gasteiger partial charge in [-0.05, 0) is 81.3 Å². The third kappa shape index (κ3) is 4.63. The fourth-order valence-electron chi connectivity index (χ4n) is 7.26. The zero-order chi connectivity index (χ0) is 25.0. The van der Waals surface area contributed by atoms with E-state index in [4.69, 9.17) is 4.74 Å². The number of ketones is 1. The molecule has 6 rings (SSSR count). The number of sulfonamides is 1. The maximum Gasteiger partial charge on any atom is 0.417 e. The molecule has 0 atom stereocenters. The fourth-order valence-corrected chi connectivity index (χ4v) is 8.94. The van der Waals surface area contributed by atoms with Crippen LogP contribution in [-0.2, 0) is 30.5 Å². The van der Waals surface area contributed by atoms with E-state index in [-0.39, 0.29) is 43.7 Å². The van der Waals surface area contributed by atoms with Gasteiger partial charge >= 0.3 is 12.1 Å². The average molecular weight is 514 g/mol. The molecule has 1 saturated heterocycles. The third-order valence-corrected chi connectivity index (χ3v) is 10.5. The number of esters is 1. The van der Waals surface area contributed by atoms with Crippen LogP contribution in [-0.4, -0.2) is 44.2 Å². The van der Waals surface area contributed by atoms with Crippen LogP contribution in [0.5, 0.6) is 0 Å². The molecular weight excluding hydrogens is 483 g/mol. The van der Waals surface area contributed by atoms with E-state index in [0.29, 0.717) is 17.8 Å². The van der Waals surface area contributed by atoms with Crippen molar-refractivity contribution in [3.05, 3.63) is 29.8 Å². The molecule has 0 unspecified atom stereocenters. The smallest absolute Gasteiger partial charge is 0.417 e. The first-order chi connectivity index (χ1) is 16.5. The number of hydrogen-bond acceptors (Lipinski definition) is 5. The molecule has 4 aliphatic carbocycles. The van der Waals surface area contributed by atoms with Gasteiger partial charge in [0, 0.05) is 18.5 Å². The fraction of sp³-hybridized carbons (Fsp3) is 0.680. The molecule has 10 heteroatoms. The number of ether oxygens (including phenoxy) is 1. The van der Waals surface area contributed by atoms with E-state index in [0.717, 1.165) is 41.8 Å². The van der Waals surface area contributed by atoms with Gasteiger partial charge < -0.3 is 4.74 Å². The average Bonchev–Trinajstić information content (AvgIpc) is 2.81. The highest BCUT2D eigenvalue weighted by molar-refractivity contribution is 7.89. The molecular formula is C25H30F3NO5S. The van der Waals surface area contributed by atoms with Crippen molar-refractivity contribution in [2.45, 2.75) is 62.4 Å². The number of halogens is 3. The Kier molecular flexibility index (Phi) is 6.27. The van der Waals surface area contributed by atoms with Gasteiger partial charge in [0.2, 0.25) is 10.0 Å². The summed E-state index contributed by atoms with van der Waals surface area (Å²) in [7, 11) is -4.37. The van der Waals surface area contributed by atoms with E-state index >= 15 is 0 Å². The number of alkyl halides is 3. The number of carbonyl (C=O) groups is 2. The first-order valence-electron chi connectivity index (χ1n) is 12.3. The van der Waals surface area contributed by atoms with Gasteiger partial charge in [0.25, 0.3) is 0 Å². The first-order valence-corrected chi connectivity index (χ1v) is 13.8. The van der Waals surface area contributed by atoms with Crippen molar-refractivity contribution in [2.75, 3.05) is 19.7 Å². The summed E-state index contributed by atoms with van der Waals surface area (Å²) >= 11 is 0. The minimum absolute atomic E-state index is 0.00808. The zero-order valence-corrected chi connectivity index (χ0v) is 20.2. The Bertz CT molecular complexity index is 1070. The van der Waals surface area contributed by atoms with Crippen molar-refractivity contribution >= 4 is 21.8 Å². The van der Waals surface area contributed by atoms with Gasteiger partial charge in [0.05, 0.1) is 16.4 Å².